The van der Waals surface area contributed by atoms with Crippen molar-refractivity contribution in [3.63, 3.8) is 0 Å². The molecule has 0 bridgehead atoms. The lowest BCUT2D eigenvalue weighted by Crippen LogP contribution is -2.40. The Hall–Kier alpha value is -0.120. The maximum absolute atomic E-state index is 9.38. The van der Waals surface area contributed by atoms with E-state index in [1.165, 1.54) is 0 Å². The second kappa shape index (κ2) is 4.94. The summed E-state index contributed by atoms with van der Waals surface area (Å²) in [6, 6.07) is 0. The molecule has 0 spiro atoms. The van der Waals surface area contributed by atoms with Gasteiger partial charge >= 0.3 is 0 Å². The Bertz CT molecular complexity index is 140. The van der Waals surface area contributed by atoms with Gasteiger partial charge in [-0.3, -0.25) is 0 Å². The van der Waals surface area contributed by atoms with E-state index in [0.717, 1.165) is 32.5 Å². The molecule has 1 rings (SSSR count). The van der Waals surface area contributed by atoms with Crippen LogP contribution >= 0.6 is 0 Å². The van der Waals surface area contributed by atoms with E-state index in [-0.39, 0.29) is 12.2 Å². The molecule has 0 radical (unpaired) electrons. The van der Waals surface area contributed by atoms with Crippen molar-refractivity contribution in [2.24, 2.45) is 5.92 Å². The molecule has 13 heavy (non-hydrogen) atoms. The number of likely N-dealkylation sites (tertiary alicyclic amines) is 1. The van der Waals surface area contributed by atoms with E-state index in [1.54, 1.807) is 0 Å². The Morgan fingerprint density at radius 3 is 2.15 bits per heavy atom. The topological polar surface area (TPSA) is 43.7 Å². The number of β-amino-alcohol motifs (C(OH)–C–C–N with tert-alkyl or cyclic N) is 1. The Morgan fingerprint density at radius 1 is 1.23 bits per heavy atom. The summed E-state index contributed by atoms with van der Waals surface area (Å²) in [7, 11) is 0. The average molecular weight is 187 g/mol. The molecule has 0 aromatic carbocycles. The van der Waals surface area contributed by atoms with Crippen LogP contribution in [0.2, 0.25) is 0 Å². The molecular weight excluding hydrogens is 166 g/mol. The minimum Gasteiger partial charge on any atom is -0.393 e. The average Bonchev–Trinajstić information content (AvgIpc) is 2.04. The summed E-state index contributed by atoms with van der Waals surface area (Å²) in [6.45, 7) is 6.49. The maximum Gasteiger partial charge on any atom is 0.0639 e. The molecule has 3 heteroatoms. The van der Waals surface area contributed by atoms with E-state index in [2.05, 4.69) is 4.90 Å². The van der Waals surface area contributed by atoms with Crippen LogP contribution in [0.1, 0.15) is 26.7 Å². The predicted octanol–water partition coefficient (Wildman–Crippen LogP) is 0.460. The van der Waals surface area contributed by atoms with Gasteiger partial charge in [0.05, 0.1) is 12.2 Å². The molecule has 1 heterocycles. The second-order valence-electron chi connectivity index (χ2n) is 4.23. The van der Waals surface area contributed by atoms with Gasteiger partial charge in [0, 0.05) is 6.54 Å². The number of aliphatic hydroxyl groups excluding tert-OH is 2. The van der Waals surface area contributed by atoms with Crippen LogP contribution in [0.15, 0.2) is 0 Å². The predicted molar refractivity (Wildman–Crippen MR) is 52.5 cm³/mol. The summed E-state index contributed by atoms with van der Waals surface area (Å²) in [5, 5.41) is 18.6. The zero-order valence-electron chi connectivity index (χ0n) is 8.61. The van der Waals surface area contributed by atoms with Gasteiger partial charge in [0.2, 0.25) is 0 Å². The number of aliphatic hydroxyl groups is 2. The monoisotopic (exact) mass is 187 g/mol. The van der Waals surface area contributed by atoms with Gasteiger partial charge in [0.1, 0.15) is 0 Å². The highest BCUT2D eigenvalue weighted by Crippen LogP contribution is 2.20. The molecular formula is C10H21NO2. The Morgan fingerprint density at radius 2 is 1.77 bits per heavy atom. The van der Waals surface area contributed by atoms with Crippen LogP contribution in [0, 0.1) is 5.92 Å². The van der Waals surface area contributed by atoms with Gasteiger partial charge in [-0.25, -0.2) is 0 Å². The first-order valence-corrected chi connectivity index (χ1v) is 5.18. The van der Waals surface area contributed by atoms with Crippen LogP contribution in [-0.4, -0.2) is 47.0 Å². The summed E-state index contributed by atoms with van der Waals surface area (Å²) < 4.78 is 0. The molecule has 78 valence electrons. The summed E-state index contributed by atoms with van der Waals surface area (Å²) in [6.07, 6.45) is 1.71. The van der Waals surface area contributed by atoms with Gasteiger partial charge in [0.15, 0.2) is 0 Å². The Labute approximate surface area is 80.4 Å². The molecule has 1 aliphatic rings. The van der Waals surface area contributed by atoms with E-state index in [0.29, 0.717) is 5.92 Å². The van der Waals surface area contributed by atoms with Crippen LogP contribution in [0.5, 0.6) is 0 Å². The third-order valence-electron chi connectivity index (χ3n) is 2.84. The quantitative estimate of drug-likeness (QED) is 0.674. The third kappa shape index (κ3) is 3.63. The lowest BCUT2D eigenvalue weighted by molar-refractivity contribution is 0.0529. The van der Waals surface area contributed by atoms with E-state index in [9.17, 15) is 10.2 Å². The highest BCUT2D eigenvalue weighted by molar-refractivity contribution is 4.76. The largest absolute Gasteiger partial charge is 0.393 e. The Balaban J connectivity index is 2.22. The molecule has 0 aliphatic carbocycles. The molecule has 1 saturated heterocycles. The molecule has 0 aromatic heterocycles. The molecule has 1 unspecified atom stereocenters. The van der Waals surface area contributed by atoms with Gasteiger partial charge in [0.25, 0.3) is 0 Å². The molecule has 0 amide bonds. The number of hydrogen-bond donors (Lipinski definition) is 2. The van der Waals surface area contributed by atoms with Crippen molar-refractivity contribution in [1.29, 1.82) is 0 Å². The third-order valence-corrected chi connectivity index (χ3v) is 2.84. The molecule has 0 saturated carbocycles. The first-order valence-electron chi connectivity index (χ1n) is 5.18. The highest BCUT2D eigenvalue weighted by atomic mass is 16.3. The zero-order valence-corrected chi connectivity index (χ0v) is 8.61. The van der Waals surface area contributed by atoms with Crippen LogP contribution in [0.4, 0.5) is 0 Å². The molecule has 1 fully saturated rings. The lowest BCUT2D eigenvalue weighted by atomic mass is 9.92. The van der Waals surface area contributed by atoms with Gasteiger partial charge in [-0.2, -0.15) is 0 Å². The smallest absolute Gasteiger partial charge is 0.0639 e. The molecule has 1 aliphatic heterocycles. The van der Waals surface area contributed by atoms with Crippen LogP contribution < -0.4 is 0 Å². The number of rotatable bonds is 3. The Kier molecular flexibility index (Phi) is 4.16. The fourth-order valence-electron chi connectivity index (χ4n) is 1.99. The van der Waals surface area contributed by atoms with Gasteiger partial charge in [-0.05, 0) is 45.7 Å². The van der Waals surface area contributed by atoms with Crippen molar-refractivity contribution in [3.8, 4) is 0 Å². The zero-order chi connectivity index (χ0) is 9.84. The molecule has 2 atom stereocenters. The highest BCUT2D eigenvalue weighted by Gasteiger charge is 2.22. The fraction of sp³-hybridized carbons (Fsp3) is 1.00. The summed E-state index contributed by atoms with van der Waals surface area (Å²) >= 11 is 0. The van der Waals surface area contributed by atoms with Crippen LogP contribution in [-0.2, 0) is 0 Å². The summed E-state index contributed by atoms with van der Waals surface area (Å²) in [5.41, 5.74) is 0. The maximum atomic E-state index is 9.38. The summed E-state index contributed by atoms with van der Waals surface area (Å²) in [4.78, 5) is 2.27. The second-order valence-corrected chi connectivity index (χ2v) is 4.23. The minimum atomic E-state index is -0.233. The van der Waals surface area contributed by atoms with Crippen molar-refractivity contribution < 1.29 is 10.2 Å². The van der Waals surface area contributed by atoms with Gasteiger partial charge in [-0.15, -0.1) is 0 Å². The fourth-order valence-corrected chi connectivity index (χ4v) is 1.99. The van der Waals surface area contributed by atoms with Gasteiger partial charge in [-0.1, -0.05) is 0 Å². The number of hydrogen-bond acceptors (Lipinski definition) is 3. The minimum absolute atomic E-state index is 0.173. The van der Waals surface area contributed by atoms with Crippen molar-refractivity contribution >= 4 is 0 Å². The van der Waals surface area contributed by atoms with Crippen LogP contribution in [0.3, 0.4) is 0 Å². The number of piperidine rings is 1. The standard InChI is InChI=1S/C10H21NO2/c1-8(12)7-11-5-3-10(4-6-11)9(2)13/h8-10,12-13H,3-7H2,1-2H3/t8-,9?/m1/s1. The van der Waals surface area contributed by atoms with Crippen molar-refractivity contribution in [3.05, 3.63) is 0 Å². The van der Waals surface area contributed by atoms with Crippen molar-refractivity contribution in [1.82, 2.24) is 4.90 Å². The lowest BCUT2D eigenvalue weighted by Gasteiger charge is -2.33. The molecule has 2 N–H and O–H groups in total. The first kappa shape index (κ1) is 11.0. The van der Waals surface area contributed by atoms with E-state index in [4.69, 9.17) is 0 Å². The van der Waals surface area contributed by atoms with Gasteiger partial charge < -0.3 is 15.1 Å². The number of nitrogens with zero attached hydrogens (tertiary/aromatic N) is 1. The van der Waals surface area contributed by atoms with Crippen LogP contribution in [0.25, 0.3) is 0 Å². The van der Waals surface area contributed by atoms with Crippen molar-refractivity contribution in [2.45, 2.75) is 38.9 Å². The van der Waals surface area contributed by atoms with E-state index in [1.807, 2.05) is 13.8 Å². The molecule has 0 aromatic rings. The summed E-state index contributed by atoms with van der Waals surface area (Å²) in [5.74, 6) is 0.463. The normalized spacial score (nSPS) is 25.8. The first-order chi connectivity index (χ1) is 6.09. The van der Waals surface area contributed by atoms with E-state index >= 15 is 0 Å². The SMILES string of the molecule is CC(O)C1CCN(C[C@@H](C)O)CC1. The molecule has 3 nitrogen and oxygen atoms in total. The van der Waals surface area contributed by atoms with Crippen molar-refractivity contribution in [2.75, 3.05) is 19.6 Å². The van der Waals surface area contributed by atoms with E-state index < -0.39 is 0 Å².